The molecule has 1 saturated heterocycles. The highest BCUT2D eigenvalue weighted by atomic mass is 15.1. The number of hydrogen-bond acceptors (Lipinski definition) is 4. The molecule has 0 saturated carbocycles. The van der Waals surface area contributed by atoms with E-state index in [9.17, 15) is 0 Å². The van der Waals surface area contributed by atoms with Crippen molar-refractivity contribution in [1.29, 1.82) is 5.26 Å². The van der Waals surface area contributed by atoms with Crippen molar-refractivity contribution >= 4 is 5.69 Å². The van der Waals surface area contributed by atoms with Crippen molar-refractivity contribution in [3.8, 4) is 6.07 Å². The van der Waals surface area contributed by atoms with Crippen molar-refractivity contribution in [3.63, 3.8) is 0 Å². The molecule has 1 fully saturated rings. The van der Waals surface area contributed by atoms with Crippen molar-refractivity contribution in [2.24, 2.45) is 5.92 Å². The highest BCUT2D eigenvalue weighted by Crippen LogP contribution is 2.22. The second-order valence-electron chi connectivity index (χ2n) is 4.74. The standard InChI is InChI=1S/C14H20N4/c1-2-18(11-12-3-6-16-7-4-12)14-10-17-8-5-13(14)9-15/h5,8,10,12,16H,2-4,6-7,11H2,1H3. The van der Waals surface area contributed by atoms with Crippen molar-refractivity contribution < 1.29 is 0 Å². The zero-order valence-corrected chi connectivity index (χ0v) is 10.9. The molecule has 1 aliphatic rings. The molecular weight excluding hydrogens is 224 g/mol. The number of anilines is 1. The largest absolute Gasteiger partial charge is 0.369 e. The van der Waals surface area contributed by atoms with Gasteiger partial charge < -0.3 is 10.2 Å². The zero-order chi connectivity index (χ0) is 12.8. The van der Waals surface area contributed by atoms with E-state index in [2.05, 4.69) is 28.2 Å². The molecule has 4 heteroatoms. The normalized spacial score (nSPS) is 16.2. The van der Waals surface area contributed by atoms with Gasteiger partial charge in [-0.3, -0.25) is 4.98 Å². The number of pyridine rings is 1. The molecule has 18 heavy (non-hydrogen) atoms. The van der Waals surface area contributed by atoms with E-state index in [1.165, 1.54) is 12.8 Å². The van der Waals surface area contributed by atoms with E-state index in [1.807, 2.05) is 6.20 Å². The van der Waals surface area contributed by atoms with Crippen LogP contribution in [0.25, 0.3) is 0 Å². The van der Waals surface area contributed by atoms with Gasteiger partial charge in [0.05, 0.1) is 17.4 Å². The average Bonchev–Trinajstić information content (AvgIpc) is 2.46. The van der Waals surface area contributed by atoms with Gasteiger partial charge in [-0.15, -0.1) is 0 Å². The van der Waals surface area contributed by atoms with Crippen LogP contribution in [0.4, 0.5) is 5.69 Å². The van der Waals surface area contributed by atoms with E-state index in [4.69, 9.17) is 5.26 Å². The molecule has 0 unspecified atom stereocenters. The fraction of sp³-hybridized carbons (Fsp3) is 0.571. The van der Waals surface area contributed by atoms with E-state index in [-0.39, 0.29) is 0 Å². The van der Waals surface area contributed by atoms with Crippen LogP contribution in [0.2, 0.25) is 0 Å². The summed E-state index contributed by atoms with van der Waals surface area (Å²) in [5.74, 6) is 0.720. The number of aromatic nitrogens is 1. The lowest BCUT2D eigenvalue weighted by atomic mass is 9.97. The highest BCUT2D eigenvalue weighted by molar-refractivity contribution is 5.57. The van der Waals surface area contributed by atoms with Crippen molar-refractivity contribution in [2.75, 3.05) is 31.1 Å². The predicted octanol–water partition coefficient (Wildman–Crippen LogP) is 1.78. The summed E-state index contributed by atoms with van der Waals surface area (Å²) in [7, 11) is 0. The molecule has 0 radical (unpaired) electrons. The first-order valence-electron chi connectivity index (χ1n) is 6.65. The minimum absolute atomic E-state index is 0.720. The van der Waals surface area contributed by atoms with Crippen LogP contribution in [0, 0.1) is 17.2 Å². The van der Waals surface area contributed by atoms with Gasteiger partial charge in [-0.05, 0) is 44.8 Å². The maximum absolute atomic E-state index is 9.15. The number of nitrogens with zero attached hydrogens (tertiary/aromatic N) is 3. The highest BCUT2D eigenvalue weighted by Gasteiger charge is 2.18. The smallest absolute Gasteiger partial charge is 0.101 e. The first-order chi connectivity index (χ1) is 8.85. The third-order valence-corrected chi connectivity index (χ3v) is 3.58. The number of nitriles is 1. The number of rotatable bonds is 4. The molecule has 4 nitrogen and oxygen atoms in total. The van der Waals surface area contributed by atoms with Gasteiger partial charge in [-0.2, -0.15) is 5.26 Å². The maximum Gasteiger partial charge on any atom is 0.101 e. The number of hydrogen-bond donors (Lipinski definition) is 1. The van der Waals surface area contributed by atoms with Gasteiger partial charge >= 0.3 is 0 Å². The van der Waals surface area contributed by atoms with Gasteiger partial charge in [0.25, 0.3) is 0 Å². The molecule has 1 aromatic rings. The fourth-order valence-electron chi connectivity index (χ4n) is 2.51. The topological polar surface area (TPSA) is 52.0 Å². The summed E-state index contributed by atoms with van der Waals surface area (Å²) in [4.78, 5) is 6.43. The molecule has 0 amide bonds. The third kappa shape index (κ3) is 2.99. The van der Waals surface area contributed by atoms with E-state index < -0.39 is 0 Å². The lowest BCUT2D eigenvalue weighted by Crippen LogP contribution is -2.36. The summed E-state index contributed by atoms with van der Waals surface area (Å²) in [6.07, 6.45) is 5.93. The second kappa shape index (κ2) is 6.36. The Morgan fingerprint density at radius 1 is 1.50 bits per heavy atom. The number of piperidine rings is 1. The van der Waals surface area contributed by atoms with E-state index >= 15 is 0 Å². The number of nitrogens with one attached hydrogen (secondary N) is 1. The van der Waals surface area contributed by atoms with Crippen LogP contribution < -0.4 is 10.2 Å². The predicted molar refractivity (Wildman–Crippen MR) is 72.4 cm³/mol. The molecule has 1 aromatic heterocycles. The molecule has 0 aromatic carbocycles. The Morgan fingerprint density at radius 2 is 2.28 bits per heavy atom. The van der Waals surface area contributed by atoms with Crippen LogP contribution in [-0.4, -0.2) is 31.2 Å². The molecule has 0 spiro atoms. The zero-order valence-electron chi connectivity index (χ0n) is 10.9. The summed E-state index contributed by atoms with van der Waals surface area (Å²) in [5, 5.41) is 12.5. The van der Waals surface area contributed by atoms with Crippen LogP contribution in [0.5, 0.6) is 0 Å². The van der Waals surface area contributed by atoms with E-state index in [0.717, 1.165) is 43.3 Å². The van der Waals surface area contributed by atoms with Gasteiger partial charge in [-0.1, -0.05) is 0 Å². The molecular formula is C14H20N4. The van der Waals surface area contributed by atoms with Gasteiger partial charge in [0, 0.05) is 19.3 Å². The summed E-state index contributed by atoms with van der Waals surface area (Å²) in [6, 6.07) is 4.05. The Labute approximate surface area is 109 Å². The Kier molecular flexibility index (Phi) is 4.54. The Bertz CT molecular complexity index is 418. The van der Waals surface area contributed by atoms with Gasteiger partial charge in [-0.25, -0.2) is 0 Å². The minimum Gasteiger partial charge on any atom is -0.369 e. The minimum atomic E-state index is 0.720. The first-order valence-corrected chi connectivity index (χ1v) is 6.65. The lowest BCUT2D eigenvalue weighted by molar-refractivity contribution is 0.374. The first kappa shape index (κ1) is 12.8. The molecule has 1 aliphatic heterocycles. The van der Waals surface area contributed by atoms with Crippen molar-refractivity contribution in [2.45, 2.75) is 19.8 Å². The summed E-state index contributed by atoms with van der Waals surface area (Å²) in [5.41, 5.74) is 1.70. The average molecular weight is 244 g/mol. The van der Waals surface area contributed by atoms with Crippen LogP contribution in [0.3, 0.4) is 0 Å². The monoisotopic (exact) mass is 244 g/mol. The van der Waals surface area contributed by atoms with Crippen molar-refractivity contribution in [3.05, 3.63) is 24.0 Å². The van der Waals surface area contributed by atoms with Crippen molar-refractivity contribution in [1.82, 2.24) is 10.3 Å². The maximum atomic E-state index is 9.15. The Hall–Kier alpha value is -1.60. The fourth-order valence-corrected chi connectivity index (χ4v) is 2.51. The second-order valence-corrected chi connectivity index (χ2v) is 4.74. The summed E-state index contributed by atoms with van der Waals surface area (Å²) in [6.45, 7) is 6.30. The van der Waals surface area contributed by atoms with E-state index in [0.29, 0.717) is 0 Å². The van der Waals surface area contributed by atoms with Crippen LogP contribution in [0.1, 0.15) is 25.3 Å². The summed E-state index contributed by atoms with van der Waals surface area (Å²) < 4.78 is 0. The lowest BCUT2D eigenvalue weighted by Gasteiger charge is -2.31. The third-order valence-electron chi connectivity index (χ3n) is 3.58. The summed E-state index contributed by atoms with van der Waals surface area (Å²) >= 11 is 0. The van der Waals surface area contributed by atoms with Gasteiger partial charge in [0.2, 0.25) is 0 Å². The van der Waals surface area contributed by atoms with E-state index in [1.54, 1.807) is 12.3 Å². The quantitative estimate of drug-likeness (QED) is 0.877. The van der Waals surface area contributed by atoms with Crippen LogP contribution >= 0.6 is 0 Å². The molecule has 0 bridgehead atoms. The van der Waals surface area contributed by atoms with Gasteiger partial charge in [0.15, 0.2) is 0 Å². The molecule has 2 rings (SSSR count). The van der Waals surface area contributed by atoms with Crippen LogP contribution in [-0.2, 0) is 0 Å². The molecule has 96 valence electrons. The Morgan fingerprint density at radius 3 is 2.94 bits per heavy atom. The Balaban J connectivity index is 2.10. The molecule has 0 atom stereocenters. The molecule has 1 N–H and O–H groups in total. The SMILES string of the molecule is CCN(CC1CCNCC1)c1cnccc1C#N. The molecule has 2 heterocycles. The molecule has 0 aliphatic carbocycles. The van der Waals surface area contributed by atoms with Gasteiger partial charge in [0.1, 0.15) is 6.07 Å². The van der Waals surface area contributed by atoms with Crippen LogP contribution in [0.15, 0.2) is 18.5 Å².